The Bertz CT molecular complexity index is 855. The van der Waals surface area contributed by atoms with Gasteiger partial charge in [0, 0.05) is 6.42 Å². The highest BCUT2D eigenvalue weighted by Crippen LogP contribution is 2.27. The lowest BCUT2D eigenvalue weighted by Crippen LogP contribution is -2.41. The van der Waals surface area contributed by atoms with Crippen molar-refractivity contribution in [2.45, 2.75) is 25.4 Å². The Morgan fingerprint density at radius 2 is 2.21 bits per heavy atom. The third kappa shape index (κ3) is 2.78. The summed E-state index contributed by atoms with van der Waals surface area (Å²) in [6, 6.07) is 10.8. The summed E-state index contributed by atoms with van der Waals surface area (Å²) in [6.45, 7) is 0.309. The van der Waals surface area contributed by atoms with Crippen LogP contribution < -0.4 is 5.32 Å². The quantitative estimate of drug-likeness (QED) is 0.791. The number of likely N-dealkylation sites (tertiary alicyclic amines) is 1. The van der Waals surface area contributed by atoms with Gasteiger partial charge < -0.3 is 14.6 Å². The Kier molecular flexibility index (Phi) is 3.78. The van der Waals surface area contributed by atoms with E-state index in [-0.39, 0.29) is 11.8 Å². The molecule has 3 aromatic rings. The van der Waals surface area contributed by atoms with Crippen LogP contribution in [0.4, 0.5) is 5.13 Å². The molecule has 24 heavy (non-hydrogen) atoms. The van der Waals surface area contributed by atoms with Crippen molar-refractivity contribution >= 4 is 38.5 Å². The summed E-state index contributed by atoms with van der Waals surface area (Å²) in [5, 5.41) is 3.40. The van der Waals surface area contributed by atoms with Gasteiger partial charge in [0.25, 0.3) is 0 Å². The molecule has 1 saturated heterocycles. The molecule has 4 rings (SSSR count). The SMILES string of the molecule is O=C(Nc1nc2ccccc2s1)[C@@H]1CCC(=O)N1Cc1ccco1. The van der Waals surface area contributed by atoms with E-state index in [2.05, 4.69) is 10.3 Å². The number of hydrogen-bond donors (Lipinski definition) is 1. The highest BCUT2D eigenvalue weighted by molar-refractivity contribution is 7.22. The molecule has 2 aromatic heterocycles. The Labute approximate surface area is 142 Å². The normalized spacial score (nSPS) is 17.6. The van der Waals surface area contributed by atoms with E-state index in [9.17, 15) is 9.59 Å². The van der Waals surface area contributed by atoms with Crippen molar-refractivity contribution in [3.63, 3.8) is 0 Å². The maximum atomic E-state index is 12.6. The number of nitrogens with zero attached hydrogens (tertiary/aromatic N) is 2. The molecule has 0 aliphatic carbocycles. The Morgan fingerprint density at radius 1 is 1.33 bits per heavy atom. The minimum Gasteiger partial charge on any atom is -0.467 e. The van der Waals surface area contributed by atoms with E-state index in [4.69, 9.17) is 4.42 Å². The first-order chi connectivity index (χ1) is 11.7. The summed E-state index contributed by atoms with van der Waals surface area (Å²) in [5.74, 6) is 0.436. The minimum atomic E-state index is -0.491. The fourth-order valence-corrected chi connectivity index (χ4v) is 3.76. The number of fused-ring (bicyclic) bond motifs is 1. The van der Waals surface area contributed by atoms with Crippen LogP contribution in [0.5, 0.6) is 0 Å². The van der Waals surface area contributed by atoms with Gasteiger partial charge in [-0.05, 0) is 30.7 Å². The van der Waals surface area contributed by atoms with Crippen LogP contribution in [0.3, 0.4) is 0 Å². The number of rotatable bonds is 4. The smallest absolute Gasteiger partial charge is 0.248 e. The molecule has 0 saturated carbocycles. The van der Waals surface area contributed by atoms with E-state index in [0.717, 1.165) is 10.2 Å². The van der Waals surface area contributed by atoms with E-state index in [0.29, 0.717) is 30.3 Å². The number of hydrogen-bond acceptors (Lipinski definition) is 5. The molecule has 0 unspecified atom stereocenters. The first kappa shape index (κ1) is 14.9. The number of thiazole rings is 1. The Hall–Kier alpha value is -2.67. The minimum absolute atomic E-state index is 0.0316. The van der Waals surface area contributed by atoms with Gasteiger partial charge in [0.05, 0.1) is 23.0 Å². The van der Waals surface area contributed by atoms with Crippen LogP contribution >= 0.6 is 11.3 Å². The molecule has 122 valence electrons. The second-order valence-electron chi connectivity index (χ2n) is 5.63. The number of nitrogens with one attached hydrogen (secondary N) is 1. The standard InChI is InChI=1S/C17H15N3O3S/c21-15-8-7-13(20(15)10-11-4-3-9-23-11)16(22)19-17-18-12-5-1-2-6-14(12)24-17/h1-6,9,13H,7-8,10H2,(H,18,19,22)/t13-/m0/s1. The number of carbonyl (C=O) groups is 2. The molecule has 0 bridgehead atoms. The summed E-state index contributed by atoms with van der Waals surface area (Å²) in [5.41, 5.74) is 0.854. The number of anilines is 1. The van der Waals surface area contributed by atoms with E-state index in [1.807, 2.05) is 24.3 Å². The molecule has 1 aromatic carbocycles. The van der Waals surface area contributed by atoms with Gasteiger partial charge in [0.2, 0.25) is 11.8 Å². The molecule has 2 amide bonds. The van der Waals surface area contributed by atoms with Crippen LogP contribution in [-0.2, 0) is 16.1 Å². The molecule has 7 heteroatoms. The van der Waals surface area contributed by atoms with Crippen molar-refractivity contribution in [1.82, 2.24) is 9.88 Å². The van der Waals surface area contributed by atoms with Gasteiger partial charge in [-0.15, -0.1) is 0 Å². The number of furan rings is 1. The summed E-state index contributed by atoms with van der Waals surface area (Å²) < 4.78 is 6.31. The first-order valence-corrected chi connectivity index (χ1v) is 8.50. The molecule has 1 atom stereocenters. The Balaban J connectivity index is 1.51. The van der Waals surface area contributed by atoms with Gasteiger partial charge in [-0.2, -0.15) is 0 Å². The molecule has 1 aliphatic rings. The van der Waals surface area contributed by atoms with Crippen molar-refractivity contribution in [3.8, 4) is 0 Å². The predicted octanol–water partition coefficient (Wildman–Crippen LogP) is 3.02. The number of para-hydroxylation sites is 1. The molecule has 1 N–H and O–H groups in total. The number of aromatic nitrogens is 1. The topological polar surface area (TPSA) is 75.4 Å². The zero-order valence-corrected chi connectivity index (χ0v) is 13.6. The van der Waals surface area contributed by atoms with E-state index >= 15 is 0 Å². The van der Waals surface area contributed by atoms with Crippen LogP contribution in [0.25, 0.3) is 10.2 Å². The molecular weight excluding hydrogens is 326 g/mol. The second-order valence-corrected chi connectivity index (χ2v) is 6.66. The fraction of sp³-hybridized carbons (Fsp3) is 0.235. The third-order valence-electron chi connectivity index (χ3n) is 4.06. The zero-order valence-electron chi connectivity index (χ0n) is 12.8. The van der Waals surface area contributed by atoms with Crippen LogP contribution in [0.2, 0.25) is 0 Å². The molecule has 6 nitrogen and oxygen atoms in total. The maximum absolute atomic E-state index is 12.6. The van der Waals surface area contributed by atoms with Crippen molar-refractivity contribution in [1.29, 1.82) is 0 Å². The van der Waals surface area contributed by atoms with E-state index in [1.165, 1.54) is 11.3 Å². The van der Waals surface area contributed by atoms with E-state index < -0.39 is 6.04 Å². The van der Waals surface area contributed by atoms with Gasteiger partial charge in [0.15, 0.2) is 5.13 Å². The number of carbonyl (C=O) groups excluding carboxylic acids is 2. The second kappa shape index (κ2) is 6.09. The predicted molar refractivity (Wildman–Crippen MR) is 90.5 cm³/mol. The maximum Gasteiger partial charge on any atom is 0.248 e. The molecule has 0 radical (unpaired) electrons. The molecule has 0 spiro atoms. The lowest BCUT2D eigenvalue weighted by molar-refractivity contribution is -0.134. The van der Waals surface area contributed by atoms with Crippen molar-refractivity contribution in [2.24, 2.45) is 0 Å². The number of benzene rings is 1. The van der Waals surface area contributed by atoms with E-state index in [1.54, 1.807) is 23.3 Å². The zero-order chi connectivity index (χ0) is 16.5. The van der Waals surface area contributed by atoms with Crippen molar-refractivity contribution in [2.75, 3.05) is 5.32 Å². The largest absolute Gasteiger partial charge is 0.467 e. The van der Waals surface area contributed by atoms with Gasteiger partial charge >= 0.3 is 0 Å². The first-order valence-electron chi connectivity index (χ1n) is 7.69. The highest BCUT2D eigenvalue weighted by atomic mass is 32.1. The summed E-state index contributed by atoms with van der Waals surface area (Å²) in [4.78, 5) is 30.7. The van der Waals surface area contributed by atoms with Gasteiger partial charge in [0.1, 0.15) is 11.8 Å². The summed E-state index contributed by atoms with van der Waals surface area (Å²) >= 11 is 1.43. The lowest BCUT2D eigenvalue weighted by Gasteiger charge is -2.22. The van der Waals surface area contributed by atoms with Crippen LogP contribution in [-0.4, -0.2) is 27.7 Å². The van der Waals surface area contributed by atoms with Crippen molar-refractivity contribution in [3.05, 3.63) is 48.4 Å². The van der Waals surface area contributed by atoms with Crippen LogP contribution in [0.1, 0.15) is 18.6 Å². The molecule has 3 heterocycles. The Morgan fingerprint density at radius 3 is 3.00 bits per heavy atom. The third-order valence-corrected chi connectivity index (χ3v) is 5.01. The highest BCUT2D eigenvalue weighted by Gasteiger charge is 2.36. The fourth-order valence-electron chi connectivity index (χ4n) is 2.89. The number of amides is 2. The lowest BCUT2D eigenvalue weighted by atomic mass is 10.2. The molecule has 1 fully saturated rings. The summed E-state index contributed by atoms with van der Waals surface area (Å²) in [7, 11) is 0. The summed E-state index contributed by atoms with van der Waals surface area (Å²) in [6.07, 6.45) is 2.45. The van der Waals surface area contributed by atoms with Gasteiger partial charge in [-0.25, -0.2) is 4.98 Å². The monoisotopic (exact) mass is 341 g/mol. The van der Waals surface area contributed by atoms with Crippen LogP contribution in [0.15, 0.2) is 47.1 Å². The van der Waals surface area contributed by atoms with Gasteiger partial charge in [-0.1, -0.05) is 23.5 Å². The molecule has 1 aliphatic heterocycles. The average molecular weight is 341 g/mol. The average Bonchev–Trinajstić information content (AvgIpc) is 3.28. The van der Waals surface area contributed by atoms with Crippen LogP contribution in [0, 0.1) is 0 Å². The van der Waals surface area contributed by atoms with Gasteiger partial charge in [-0.3, -0.25) is 9.59 Å². The van der Waals surface area contributed by atoms with Crippen molar-refractivity contribution < 1.29 is 14.0 Å². The molecular formula is C17H15N3O3S.